The highest BCUT2D eigenvalue weighted by molar-refractivity contribution is 7.09. The quantitative estimate of drug-likeness (QED) is 0.882. The Morgan fingerprint density at radius 1 is 1.56 bits per heavy atom. The highest BCUT2D eigenvalue weighted by Crippen LogP contribution is 2.24. The van der Waals surface area contributed by atoms with Crippen LogP contribution in [-0.2, 0) is 6.54 Å². The second-order valence-electron chi connectivity index (χ2n) is 4.18. The standard InChI is InChI=1S/C11H14N4S/c1-8-7-16-10(13-8)6-15-5-4-12-11(15)14-9-2-3-9/h4-5,7,9H,2-3,6H2,1H3,(H,12,14). The summed E-state index contributed by atoms with van der Waals surface area (Å²) in [6.07, 6.45) is 6.37. The maximum absolute atomic E-state index is 4.46. The number of aryl methyl sites for hydroxylation is 1. The van der Waals surface area contributed by atoms with Gasteiger partial charge in [-0.2, -0.15) is 0 Å². The Balaban J connectivity index is 1.75. The molecular formula is C11H14N4S. The lowest BCUT2D eigenvalue weighted by molar-refractivity contribution is 0.788. The van der Waals surface area contributed by atoms with Crippen LogP contribution in [0.15, 0.2) is 17.8 Å². The average molecular weight is 234 g/mol. The third-order valence-electron chi connectivity index (χ3n) is 2.60. The van der Waals surface area contributed by atoms with E-state index in [1.54, 1.807) is 11.3 Å². The summed E-state index contributed by atoms with van der Waals surface area (Å²) in [6, 6.07) is 0.638. The van der Waals surface area contributed by atoms with Gasteiger partial charge >= 0.3 is 0 Å². The second-order valence-corrected chi connectivity index (χ2v) is 5.12. The molecule has 0 aliphatic heterocycles. The summed E-state index contributed by atoms with van der Waals surface area (Å²) < 4.78 is 2.12. The van der Waals surface area contributed by atoms with E-state index in [-0.39, 0.29) is 0 Å². The van der Waals surface area contributed by atoms with E-state index in [1.165, 1.54) is 12.8 Å². The van der Waals surface area contributed by atoms with Crippen LogP contribution in [-0.4, -0.2) is 20.6 Å². The number of hydrogen-bond acceptors (Lipinski definition) is 4. The molecule has 2 aromatic rings. The van der Waals surface area contributed by atoms with Gasteiger partial charge in [0.2, 0.25) is 5.95 Å². The van der Waals surface area contributed by atoms with Crippen LogP contribution in [0.25, 0.3) is 0 Å². The number of imidazole rings is 1. The summed E-state index contributed by atoms with van der Waals surface area (Å²) in [6.45, 7) is 2.84. The molecule has 3 rings (SSSR count). The maximum atomic E-state index is 4.46. The third-order valence-corrected chi connectivity index (χ3v) is 3.55. The van der Waals surface area contributed by atoms with Crippen LogP contribution in [0.3, 0.4) is 0 Å². The Hall–Kier alpha value is -1.36. The van der Waals surface area contributed by atoms with Crippen molar-refractivity contribution in [1.29, 1.82) is 0 Å². The minimum Gasteiger partial charge on any atom is -0.353 e. The number of thiazole rings is 1. The van der Waals surface area contributed by atoms with Crippen molar-refractivity contribution in [1.82, 2.24) is 14.5 Å². The van der Waals surface area contributed by atoms with E-state index in [4.69, 9.17) is 0 Å². The van der Waals surface area contributed by atoms with Gasteiger partial charge in [-0.1, -0.05) is 0 Å². The molecule has 0 aromatic carbocycles. The highest BCUT2D eigenvalue weighted by Gasteiger charge is 2.22. The van der Waals surface area contributed by atoms with Crippen LogP contribution in [0.2, 0.25) is 0 Å². The fourth-order valence-corrected chi connectivity index (χ4v) is 2.38. The van der Waals surface area contributed by atoms with E-state index >= 15 is 0 Å². The van der Waals surface area contributed by atoms with Crippen molar-refractivity contribution in [3.05, 3.63) is 28.5 Å². The molecule has 1 saturated carbocycles. The largest absolute Gasteiger partial charge is 0.353 e. The van der Waals surface area contributed by atoms with Gasteiger partial charge in [0.25, 0.3) is 0 Å². The molecule has 1 aliphatic rings. The molecule has 0 unspecified atom stereocenters. The molecule has 16 heavy (non-hydrogen) atoms. The van der Waals surface area contributed by atoms with E-state index in [2.05, 4.69) is 25.2 Å². The van der Waals surface area contributed by atoms with Crippen LogP contribution >= 0.6 is 11.3 Å². The molecule has 4 nitrogen and oxygen atoms in total. The maximum Gasteiger partial charge on any atom is 0.203 e. The Bertz CT molecular complexity index is 484. The number of aromatic nitrogens is 3. The summed E-state index contributed by atoms with van der Waals surface area (Å²) in [5.74, 6) is 0.968. The van der Waals surface area contributed by atoms with Crippen LogP contribution in [0.5, 0.6) is 0 Å². The first-order valence-electron chi connectivity index (χ1n) is 5.50. The zero-order valence-corrected chi connectivity index (χ0v) is 10.00. The van der Waals surface area contributed by atoms with Crippen molar-refractivity contribution in [3.63, 3.8) is 0 Å². The van der Waals surface area contributed by atoms with Crippen LogP contribution < -0.4 is 5.32 Å². The van der Waals surface area contributed by atoms with Crippen LogP contribution in [0, 0.1) is 6.92 Å². The third kappa shape index (κ3) is 2.09. The van der Waals surface area contributed by atoms with E-state index in [0.29, 0.717) is 6.04 Å². The SMILES string of the molecule is Cc1csc(Cn2ccnc2NC2CC2)n1. The first kappa shape index (κ1) is 9.84. The Kier molecular flexibility index (Phi) is 2.40. The minimum absolute atomic E-state index is 0.638. The first-order valence-corrected chi connectivity index (χ1v) is 6.38. The molecule has 0 bridgehead atoms. The smallest absolute Gasteiger partial charge is 0.203 e. The number of rotatable bonds is 4. The number of anilines is 1. The van der Waals surface area contributed by atoms with Gasteiger partial charge in [-0.25, -0.2) is 9.97 Å². The predicted octanol–water partition coefficient (Wildman–Crippen LogP) is 2.27. The molecule has 84 valence electrons. The molecule has 0 radical (unpaired) electrons. The van der Waals surface area contributed by atoms with Gasteiger partial charge in [-0.05, 0) is 19.8 Å². The topological polar surface area (TPSA) is 42.7 Å². The molecule has 1 fully saturated rings. The molecule has 0 amide bonds. The van der Waals surface area contributed by atoms with Crippen molar-refractivity contribution in [2.75, 3.05) is 5.32 Å². The lowest BCUT2D eigenvalue weighted by atomic mass is 10.5. The van der Waals surface area contributed by atoms with Gasteiger partial charge in [0, 0.05) is 29.5 Å². The molecule has 1 N–H and O–H groups in total. The van der Waals surface area contributed by atoms with Crippen LogP contribution in [0.1, 0.15) is 23.5 Å². The number of hydrogen-bond donors (Lipinski definition) is 1. The Morgan fingerprint density at radius 2 is 2.44 bits per heavy atom. The fraction of sp³-hybridized carbons (Fsp3) is 0.455. The zero-order chi connectivity index (χ0) is 11.0. The highest BCUT2D eigenvalue weighted by atomic mass is 32.1. The summed E-state index contributed by atoms with van der Waals surface area (Å²) in [4.78, 5) is 8.79. The van der Waals surface area contributed by atoms with Crippen molar-refractivity contribution in [2.24, 2.45) is 0 Å². The summed E-state index contributed by atoms with van der Waals surface area (Å²) in [7, 11) is 0. The molecule has 0 spiro atoms. The molecular weight excluding hydrogens is 220 g/mol. The number of nitrogens with one attached hydrogen (secondary N) is 1. The van der Waals surface area contributed by atoms with Crippen LogP contribution in [0.4, 0.5) is 5.95 Å². The van der Waals surface area contributed by atoms with Crippen molar-refractivity contribution >= 4 is 17.3 Å². The summed E-state index contributed by atoms with van der Waals surface area (Å²) in [5, 5.41) is 6.64. The Morgan fingerprint density at radius 3 is 3.12 bits per heavy atom. The molecule has 0 saturated heterocycles. The number of nitrogens with zero attached hydrogens (tertiary/aromatic N) is 3. The molecule has 1 aliphatic carbocycles. The van der Waals surface area contributed by atoms with E-state index in [9.17, 15) is 0 Å². The van der Waals surface area contributed by atoms with Gasteiger partial charge in [-0.15, -0.1) is 11.3 Å². The first-order chi connectivity index (χ1) is 7.81. The average Bonchev–Trinajstić information content (AvgIpc) is 2.82. The van der Waals surface area contributed by atoms with Gasteiger partial charge in [0.15, 0.2) is 0 Å². The monoisotopic (exact) mass is 234 g/mol. The Labute approximate surface area is 98.4 Å². The predicted molar refractivity (Wildman–Crippen MR) is 64.8 cm³/mol. The zero-order valence-electron chi connectivity index (χ0n) is 9.18. The van der Waals surface area contributed by atoms with Crippen molar-refractivity contribution in [2.45, 2.75) is 32.4 Å². The van der Waals surface area contributed by atoms with Crippen molar-refractivity contribution in [3.8, 4) is 0 Å². The van der Waals surface area contributed by atoms with Gasteiger partial charge < -0.3 is 9.88 Å². The summed E-state index contributed by atoms with van der Waals surface area (Å²) in [5.41, 5.74) is 1.09. The molecule has 5 heteroatoms. The van der Waals surface area contributed by atoms with E-state index in [1.807, 2.05) is 19.3 Å². The molecule has 0 atom stereocenters. The van der Waals surface area contributed by atoms with Crippen molar-refractivity contribution < 1.29 is 0 Å². The minimum atomic E-state index is 0.638. The summed E-state index contributed by atoms with van der Waals surface area (Å²) >= 11 is 1.70. The molecule has 2 aromatic heterocycles. The molecule has 2 heterocycles. The van der Waals surface area contributed by atoms with Gasteiger partial charge in [0.1, 0.15) is 5.01 Å². The normalized spacial score (nSPS) is 15.3. The van der Waals surface area contributed by atoms with E-state index in [0.717, 1.165) is 23.2 Å². The fourth-order valence-electron chi connectivity index (χ4n) is 1.61. The van der Waals surface area contributed by atoms with Gasteiger partial charge in [0.05, 0.1) is 6.54 Å². The van der Waals surface area contributed by atoms with Gasteiger partial charge in [-0.3, -0.25) is 0 Å². The lowest BCUT2D eigenvalue weighted by Gasteiger charge is -2.06. The lowest BCUT2D eigenvalue weighted by Crippen LogP contribution is -2.09. The second kappa shape index (κ2) is 3.90. The van der Waals surface area contributed by atoms with E-state index < -0.39 is 0 Å².